The van der Waals surface area contributed by atoms with E-state index in [-0.39, 0.29) is 51.4 Å². The Morgan fingerprint density at radius 3 is 1.55 bits per heavy atom. The summed E-state index contributed by atoms with van der Waals surface area (Å²) in [5.74, 6) is 0. The molecule has 0 fully saturated rings. The van der Waals surface area contributed by atoms with Crippen LogP contribution in [-0.4, -0.2) is 63.7 Å². The van der Waals surface area contributed by atoms with Crippen LogP contribution in [0.3, 0.4) is 0 Å². The molecule has 0 spiro atoms. The van der Waals surface area contributed by atoms with Crippen molar-refractivity contribution in [1.29, 1.82) is 0 Å². The molecular formula is C2HF5KO2P+. The van der Waals surface area contributed by atoms with Gasteiger partial charge in [0.25, 0.3) is 0 Å². The Labute approximate surface area is 102 Å². The molecule has 2 nitrogen and oxygen atoms in total. The molecule has 11 heavy (non-hydrogen) atoms. The maximum Gasteiger partial charge on any atom is 0.500 e. The van der Waals surface area contributed by atoms with Gasteiger partial charge in [0.2, 0.25) is 0 Å². The van der Waals surface area contributed by atoms with Crippen LogP contribution < -0.4 is 0 Å². The molecule has 0 aromatic heterocycles. The molecule has 0 amide bonds. The van der Waals surface area contributed by atoms with Crippen LogP contribution in [0.15, 0.2) is 0 Å². The van der Waals surface area contributed by atoms with E-state index in [4.69, 9.17) is 0 Å². The van der Waals surface area contributed by atoms with Gasteiger partial charge >= 0.3 is 21.0 Å². The Balaban J connectivity index is 0. The second-order valence-corrected chi connectivity index (χ2v) is 1.57. The van der Waals surface area contributed by atoms with E-state index in [1.807, 2.05) is 0 Å². The molecule has 0 bridgehead atoms. The Bertz CT molecular complexity index is 135. The first-order chi connectivity index (χ1) is 4.31. The van der Waals surface area contributed by atoms with E-state index >= 15 is 0 Å². The largest absolute Gasteiger partial charge is 0.500 e. The van der Waals surface area contributed by atoms with Crippen molar-refractivity contribution in [1.82, 2.24) is 0 Å². The van der Waals surface area contributed by atoms with Gasteiger partial charge in [-0.25, -0.2) is 0 Å². The summed E-state index contributed by atoms with van der Waals surface area (Å²) in [5, 5.41) is 0. The topological polar surface area (TPSA) is 26.3 Å². The summed E-state index contributed by atoms with van der Waals surface area (Å²) in [6, 6.07) is 0. The fraction of sp³-hybridized carbons (Fsp3) is 1.00. The van der Waals surface area contributed by atoms with Gasteiger partial charge in [-0.3, -0.25) is 0 Å². The maximum atomic E-state index is 11.4. The predicted molar refractivity (Wildman–Crippen MR) is 26.8 cm³/mol. The third kappa shape index (κ3) is 4.82. The molecule has 0 rings (SSSR count). The normalized spacial score (nSPS) is 12.8. The quantitative estimate of drug-likeness (QED) is 0.404. The molecule has 0 aromatic carbocycles. The summed E-state index contributed by atoms with van der Waals surface area (Å²) < 4.78 is 67.6. The Morgan fingerprint density at radius 2 is 1.45 bits per heavy atom. The van der Waals surface area contributed by atoms with E-state index in [1.54, 1.807) is 0 Å². The molecule has 0 N–H and O–H groups in total. The van der Waals surface area contributed by atoms with Crippen molar-refractivity contribution in [3.05, 3.63) is 0 Å². The van der Waals surface area contributed by atoms with E-state index in [9.17, 15) is 26.5 Å². The smallest absolute Gasteiger partial charge is 0.163 e. The minimum atomic E-state index is -5.80. The third-order valence-electron chi connectivity index (χ3n) is 0.500. The van der Waals surface area contributed by atoms with Gasteiger partial charge in [0.15, 0.2) is 0 Å². The molecule has 0 aliphatic rings. The van der Waals surface area contributed by atoms with Gasteiger partial charge in [-0.05, 0) is 4.57 Å². The van der Waals surface area contributed by atoms with Crippen LogP contribution in [0.4, 0.5) is 22.0 Å². The van der Waals surface area contributed by atoms with Gasteiger partial charge < -0.3 is 0 Å². The molecule has 0 heterocycles. The van der Waals surface area contributed by atoms with Crippen molar-refractivity contribution in [3.8, 4) is 0 Å². The zero-order valence-electron chi connectivity index (χ0n) is 5.21. The van der Waals surface area contributed by atoms with Gasteiger partial charge in [0, 0.05) is 51.4 Å². The standard InChI is InChI=1S/C2HF5O2P.K/c3-1(4,5)2(6,7)9-10-8;/h10H;/q+1;. The van der Waals surface area contributed by atoms with E-state index in [0.717, 1.165) is 0 Å². The zero-order chi connectivity index (χ0) is 8.41. The fourth-order valence-electron chi connectivity index (χ4n) is 0.110. The molecule has 9 heteroatoms. The summed E-state index contributed by atoms with van der Waals surface area (Å²) in [5.41, 5.74) is 0. The molecule has 0 aromatic rings. The van der Waals surface area contributed by atoms with Crippen molar-refractivity contribution in [2.24, 2.45) is 0 Å². The van der Waals surface area contributed by atoms with E-state index < -0.39 is 21.0 Å². The summed E-state index contributed by atoms with van der Waals surface area (Å²) >= 11 is 0. The van der Waals surface area contributed by atoms with E-state index in [1.165, 1.54) is 0 Å². The van der Waals surface area contributed by atoms with Crippen molar-refractivity contribution >= 4 is 60.1 Å². The Morgan fingerprint density at radius 1 is 1.09 bits per heavy atom. The number of hydrogen-bond acceptors (Lipinski definition) is 2. The van der Waals surface area contributed by atoms with Gasteiger partial charge in [0.05, 0.1) is 0 Å². The number of hydrogen-bond donors (Lipinski definition) is 0. The van der Waals surface area contributed by atoms with Gasteiger partial charge in [-0.15, -0.1) is 0 Å². The van der Waals surface area contributed by atoms with Crippen LogP contribution in [0.2, 0.25) is 0 Å². The van der Waals surface area contributed by atoms with Crippen LogP contribution in [0.5, 0.6) is 0 Å². The second-order valence-electron chi connectivity index (χ2n) is 1.20. The first kappa shape index (κ1) is 14.8. The van der Waals surface area contributed by atoms with Crippen molar-refractivity contribution in [2.75, 3.05) is 0 Å². The molecule has 0 saturated carbocycles. The third-order valence-corrected chi connectivity index (χ3v) is 0.840. The first-order valence-corrected chi connectivity index (χ1v) is 2.62. The molecule has 0 aliphatic carbocycles. The van der Waals surface area contributed by atoms with Gasteiger partial charge in [0.1, 0.15) is 0 Å². The summed E-state index contributed by atoms with van der Waals surface area (Å²) in [6.07, 6.45) is -11.1. The molecule has 0 aliphatic heterocycles. The van der Waals surface area contributed by atoms with E-state index in [2.05, 4.69) is 4.52 Å². The van der Waals surface area contributed by atoms with Crippen LogP contribution in [-0.2, 0) is 9.09 Å². The van der Waals surface area contributed by atoms with Crippen LogP contribution in [0, 0.1) is 0 Å². The molecule has 0 saturated heterocycles. The molecular weight excluding hydrogens is 221 g/mol. The molecule has 61 valence electrons. The van der Waals surface area contributed by atoms with Crippen LogP contribution in [0.1, 0.15) is 0 Å². The van der Waals surface area contributed by atoms with Crippen LogP contribution in [0.25, 0.3) is 0 Å². The molecule has 1 atom stereocenters. The van der Waals surface area contributed by atoms with Crippen molar-refractivity contribution < 1.29 is 31.0 Å². The average molecular weight is 222 g/mol. The summed E-state index contributed by atoms with van der Waals surface area (Å²) in [6.45, 7) is 0. The van der Waals surface area contributed by atoms with Crippen molar-refractivity contribution in [2.45, 2.75) is 12.3 Å². The number of alkyl halides is 5. The summed E-state index contributed by atoms with van der Waals surface area (Å²) in [4.78, 5) is 0. The molecule has 1 radical (unpaired) electrons. The number of rotatable bonds is 2. The minimum absolute atomic E-state index is 0. The second kappa shape index (κ2) is 5.16. The van der Waals surface area contributed by atoms with Gasteiger partial charge in [-0.2, -0.15) is 22.0 Å². The SMILES string of the molecule is O=[PH+]OC(F)(F)C(F)(F)F.[K]. The molecule has 1 unspecified atom stereocenters. The first-order valence-electron chi connectivity index (χ1n) is 1.81. The Kier molecular flexibility index (Phi) is 6.96. The van der Waals surface area contributed by atoms with Crippen LogP contribution >= 0.6 is 8.69 Å². The van der Waals surface area contributed by atoms with Crippen molar-refractivity contribution in [3.63, 3.8) is 0 Å². The maximum absolute atomic E-state index is 11.4. The predicted octanol–water partition coefficient (Wildman–Crippen LogP) is 1.72. The minimum Gasteiger partial charge on any atom is -0.163 e. The monoisotopic (exact) mass is 222 g/mol. The fourth-order valence-corrected chi connectivity index (χ4v) is 0.331. The number of halogens is 5. The average Bonchev–Trinajstić information content (AvgIpc) is 1.61. The summed E-state index contributed by atoms with van der Waals surface area (Å²) in [7, 11) is -2.14. The van der Waals surface area contributed by atoms with E-state index in [0.29, 0.717) is 0 Å². The van der Waals surface area contributed by atoms with Gasteiger partial charge in [-0.1, -0.05) is 4.52 Å². The Hall–Kier alpha value is 1.35. The zero-order valence-corrected chi connectivity index (χ0v) is 9.33.